The van der Waals surface area contributed by atoms with E-state index in [-0.39, 0.29) is 12.7 Å². The summed E-state index contributed by atoms with van der Waals surface area (Å²) in [7, 11) is 0. The van der Waals surface area contributed by atoms with E-state index in [0.717, 1.165) is 49.5 Å². The molecule has 2 heterocycles. The minimum absolute atomic E-state index is 0.0870. The fourth-order valence-electron chi connectivity index (χ4n) is 4.65. The minimum Gasteiger partial charge on any atom is -0.454 e. The van der Waals surface area contributed by atoms with Crippen molar-refractivity contribution in [3.8, 4) is 11.5 Å². The molecule has 34 heavy (non-hydrogen) atoms. The Morgan fingerprint density at radius 2 is 1.76 bits per heavy atom. The molecule has 2 aliphatic rings. The van der Waals surface area contributed by atoms with Crippen LogP contribution >= 0.6 is 0 Å². The molecule has 1 amide bonds. The summed E-state index contributed by atoms with van der Waals surface area (Å²) in [5.74, 6) is 1.61. The molecule has 1 saturated heterocycles. The number of fused-ring (bicyclic) bond motifs is 1. The molecule has 2 aromatic carbocycles. The van der Waals surface area contributed by atoms with Gasteiger partial charge < -0.3 is 19.1 Å². The highest BCUT2D eigenvalue weighted by atomic mass is 16.7. The highest BCUT2D eigenvalue weighted by Gasteiger charge is 2.30. The van der Waals surface area contributed by atoms with Crippen LogP contribution in [0.25, 0.3) is 0 Å². The van der Waals surface area contributed by atoms with Crippen LogP contribution < -0.4 is 9.47 Å². The molecule has 4 rings (SSSR count). The van der Waals surface area contributed by atoms with Gasteiger partial charge in [0.25, 0.3) is 5.91 Å². The van der Waals surface area contributed by atoms with Gasteiger partial charge in [0, 0.05) is 32.7 Å². The van der Waals surface area contributed by atoms with Gasteiger partial charge in [-0.2, -0.15) is 0 Å². The predicted octanol–water partition coefficient (Wildman–Crippen LogP) is 5.01. The first kappa shape index (κ1) is 24.6. The Kier molecular flexibility index (Phi) is 9.22. The Balaban J connectivity index is 1.38. The van der Waals surface area contributed by atoms with Crippen LogP contribution in [0, 0.1) is 0 Å². The molecule has 1 unspecified atom stereocenters. The van der Waals surface area contributed by atoms with E-state index in [1.54, 1.807) is 0 Å². The van der Waals surface area contributed by atoms with E-state index in [1.165, 1.54) is 31.2 Å². The van der Waals surface area contributed by atoms with Crippen molar-refractivity contribution in [1.82, 2.24) is 9.80 Å². The molecule has 0 aromatic heterocycles. The zero-order chi connectivity index (χ0) is 23.6. The fraction of sp³-hybridized carbons (Fsp3) is 0.536. The van der Waals surface area contributed by atoms with Gasteiger partial charge in [-0.3, -0.25) is 9.69 Å². The van der Waals surface area contributed by atoms with Gasteiger partial charge in [0.05, 0.1) is 6.61 Å². The number of benzene rings is 2. The number of amides is 1. The molecule has 0 N–H and O–H groups in total. The molecule has 0 saturated carbocycles. The lowest BCUT2D eigenvalue weighted by molar-refractivity contribution is -0.150. The van der Waals surface area contributed by atoms with Crippen LogP contribution in [-0.4, -0.2) is 54.8 Å². The Bertz CT molecular complexity index is 905. The highest BCUT2D eigenvalue weighted by Crippen LogP contribution is 2.33. The van der Waals surface area contributed by atoms with Gasteiger partial charge in [-0.15, -0.1) is 0 Å². The lowest BCUT2D eigenvalue weighted by atomic mass is 10.1. The lowest BCUT2D eigenvalue weighted by Gasteiger charge is -2.35. The van der Waals surface area contributed by atoms with Crippen molar-refractivity contribution in [3.05, 3.63) is 59.7 Å². The summed E-state index contributed by atoms with van der Waals surface area (Å²) in [5, 5.41) is 0. The zero-order valence-corrected chi connectivity index (χ0v) is 20.4. The lowest BCUT2D eigenvalue weighted by Crippen LogP contribution is -2.50. The number of rotatable bonds is 12. The molecule has 2 aromatic rings. The van der Waals surface area contributed by atoms with Gasteiger partial charge in [0.15, 0.2) is 11.5 Å². The van der Waals surface area contributed by atoms with Crippen LogP contribution in [0.2, 0.25) is 0 Å². The van der Waals surface area contributed by atoms with E-state index in [4.69, 9.17) is 14.2 Å². The van der Waals surface area contributed by atoms with Crippen molar-refractivity contribution < 1.29 is 19.0 Å². The van der Waals surface area contributed by atoms with Crippen LogP contribution in [0.4, 0.5) is 0 Å². The van der Waals surface area contributed by atoms with Crippen molar-refractivity contribution in [2.24, 2.45) is 0 Å². The highest BCUT2D eigenvalue weighted by molar-refractivity contribution is 5.81. The average Bonchev–Trinajstić information content (AvgIpc) is 3.34. The number of nitrogens with zero attached hydrogens (tertiary/aromatic N) is 2. The predicted molar refractivity (Wildman–Crippen MR) is 133 cm³/mol. The number of unbranched alkanes of at least 4 members (excludes halogenated alkanes) is 5. The standard InChI is InChI=1S/C28H38N2O4/c1-2-3-4-5-6-10-15-30(20-24-13-14-25-26(18-24)34-22-33-25)28(31)27-21-29(16-17-32-27)19-23-11-8-7-9-12-23/h7-9,11-14,18,27H,2-6,10,15-17,19-22H2,1H3. The number of ether oxygens (including phenoxy) is 3. The normalized spacial score (nSPS) is 17.6. The van der Waals surface area contributed by atoms with E-state index in [1.807, 2.05) is 29.2 Å². The molecule has 0 aliphatic carbocycles. The second-order valence-electron chi connectivity index (χ2n) is 9.30. The van der Waals surface area contributed by atoms with Gasteiger partial charge >= 0.3 is 0 Å². The maximum Gasteiger partial charge on any atom is 0.253 e. The molecule has 1 atom stereocenters. The Morgan fingerprint density at radius 1 is 0.971 bits per heavy atom. The molecular formula is C28H38N2O4. The third-order valence-corrected chi connectivity index (χ3v) is 6.58. The van der Waals surface area contributed by atoms with Crippen molar-refractivity contribution >= 4 is 5.91 Å². The van der Waals surface area contributed by atoms with Gasteiger partial charge in [-0.25, -0.2) is 0 Å². The van der Waals surface area contributed by atoms with E-state index in [9.17, 15) is 4.79 Å². The summed E-state index contributed by atoms with van der Waals surface area (Å²) >= 11 is 0. The van der Waals surface area contributed by atoms with Gasteiger partial charge in [-0.05, 0) is 29.7 Å². The van der Waals surface area contributed by atoms with Crippen LogP contribution in [0.3, 0.4) is 0 Å². The number of carbonyl (C=O) groups is 1. The van der Waals surface area contributed by atoms with Crippen LogP contribution in [0.5, 0.6) is 11.5 Å². The first-order chi connectivity index (χ1) is 16.7. The number of morpholine rings is 1. The fourth-order valence-corrected chi connectivity index (χ4v) is 4.65. The van der Waals surface area contributed by atoms with Gasteiger partial charge in [0.2, 0.25) is 6.79 Å². The zero-order valence-electron chi connectivity index (χ0n) is 20.4. The summed E-state index contributed by atoms with van der Waals surface area (Å²) in [6.45, 7) is 6.69. The summed E-state index contributed by atoms with van der Waals surface area (Å²) in [6, 6.07) is 16.4. The van der Waals surface area contributed by atoms with Crippen molar-refractivity contribution in [3.63, 3.8) is 0 Å². The largest absolute Gasteiger partial charge is 0.454 e. The number of hydrogen-bond donors (Lipinski definition) is 0. The third-order valence-electron chi connectivity index (χ3n) is 6.58. The first-order valence-electron chi connectivity index (χ1n) is 12.8. The summed E-state index contributed by atoms with van der Waals surface area (Å²) < 4.78 is 17.0. The summed E-state index contributed by atoms with van der Waals surface area (Å²) in [6.07, 6.45) is 6.76. The van der Waals surface area contributed by atoms with Crippen molar-refractivity contribution in [1.29, 1.82) is 0 Å². The van der Waals surface area contributed by atoms with Crippen molar-refractivity contribution in [2.45, 2.75) is 64.6 Å². The third kappa shape index (κ3) is 6.97. The summed E-state index contributed by atoms with van der Waals surface area (Å²) in [5.41, 5.74) is 2.32. The SMILES string of the molecule is CCCCCCCCN(Cc1ccc2c(c1)OCO2)C(=O)C1CN(Cc2ccccc2)CCO1. The Hall–Kier alpha value is -2.57. The molecule has 0 spiro atoms. The van der Waals surface area contributed by atoms with Crippen LogP contribution in [0.15, 0.2) is 48.5 Å². The van der Waals surface area contributed by atoms with Gasteiger partial charge in [0.1, 0.15) is 6.10 Å². The average molecular weight is 467 g/mol. The second kappa shape index (κ2) is 12.8. The quantitative estimate of drug-likeness (QED) is 0.412. The Morgan fingerprint density at radius 3 is 2.62 bits per heavy atom. The second-order valence-corrected chi connectivity index (χ2v) is 9.30. The maximum atomic E-state index is 13.6. The first-order valence-corrected chi connectivity index (χ1v) is 12.8. The monoisotopic (exact) mass is 466 g/mol. The van der Waals surface area contributed by atoms with Crippen molar-refractivity contribution in [2.75, 3.05) is 33.0 Å². The maximum absolute atomic E-state index is 13.6. The molecule has 6 heteroatoms. The summed E-state index contributed by atoms with van der Waals surface area (Å²) in [4.78, 5) is 17.9. The molecular weight excluding hydrogens is 428 g/mol. The smallest absolute Gasteiger partial charge is 0.253 e. The van der Waals surface area contributed by atoms with Crippen LogP contribution in [0.1, 0.15) is 56.6 Å². The number of hydrogen-bond acceptors (Lipinski definition) is 5. The van der Waals surface area contributed by atoms with E-state index < -0.39 is 6.10 Å². The van der Waals surface area contributed by atoms with E-state index in [2.05, 4.69) is 36.1 Å². The molecule has 0 radical (unpaired) electrons. The van der Waals surface area contributed by atoms with Crippen LogP contribution in [-0.2, 0) is 22.6 Å². The minimum atomic E-state index is -0.424. The number of carbonyl (C=O) groups excluding carboxylic acids is 1. The van der Waals surface area contributed by atoms with Gasteiger partial charge in [-0.1, -0.05) is 75.4 Å². The molecule has 2 aliphatic heterocycles. The van der Waals surface area contributed by atoms with E-state index >= 15 is 0 Å². The molecule has 1 fully saturated rings. The molecule has 6 nitrogen and oxygen atoms in total. The topological polar surface area (TPSA) is 51.2 Å². The molecule has 184 valence electrons. The Labute approximate surface area is 203 Å². The molecule has 0 bridgehead atoms. The van der Waals surface area contributed by atoms with E-state index in [0.29, 0.717) is 19.7 Å².